The number of rotatable bonds is 4. The molecule has 0 radical (unpaired) electrons. The van der Waals surface area contributed by atoms with Gasteiger partial charge in [-0.1, -0.05) is 12.1 Å². The van der Waals surface area contributed by atoms with Crippen molar-refractivity contribution in [3.63, 3.8) is 0 Å². The summed E-state index contributed by atoms with van der Waals surface area (Å²) in [7, 11) is 0. The van der Waals surface area contributed by atoms with Crippen LogP contribution in [0, 0.1) is 0 Å². The fourth-order valence-corrected chi connectivity index (χ4v) is 2.97. The summed E-state index contributed by atoms with van der Waals surface area (Å²) in [4.78, 5) is 19.6. The molecule has 0 saturated heterocycles. The van der Waals surface area contributed by atoms with Crippen LogP contribution in [0.2, 0.25) is 0 Å². The Labute approximate surface area is 162 Å². The summed E-state index contributed by atoms with van der Waals surface area (Å²) in [6.07, 6.45) is -1.86. The second kappa shape index (κ2) is 7.04. The van der Waals surface area contributed by atoms with Gasteiger partial charge in [-0.3, -0.25) is 4.79 Å². The predicted molar refractivity (Wildman–Crippen MR) is 102 cm³/mol. The molecule has 0 aliphatic rings. The first-order valence-electron chi connectivity index (χ1n) is 8.65. The zero-order valence-electron chi connectivity index (χ0n) is 15.1. The predicted octanol–water partition coefficient (Wildman–Crippen LogP) is 4.05. The van der Waals surface area contributed by atoms with Gasteiger partial charge in [-0.25, -0.2) is 4.98 Å². The molecule has 1 aromatic carbocycles. The molecule has 2 N–H and O–H groups in total. The second-order valence-corrected chi connectivity index (χ2v) is 6.38. The SMILES string of the molecule is C[C@@H](n1cnnc1-c1cccc(Nc2cccc3[nH]ccc(=O)c23)n1)C(F)(F)F. The molecule has 3 aromatic heterocycles. The average molecular weight is 400 g/mol. The molecule has 4 aromatic rings. The van der Waals surface area contributed by atoms with E-state index in [2.05, 4.69) is 25.5 Å². The molecule has 4 rings (SSSR count). The maximum absolute atomic E-state index is 13.1. The van der Waals surface area contributed by atoms with E-state index in [4.69, 9.17) is 0 Å². The molecule has 0 amide bonds. The van der Waals surface area contributed by atoms with Crippen LogP contribution in [0.5, 0.6) is 0 Å². The van der Waals surface area contributed by atoms with Crippen molar-refractivity contribution in [1.29, 1.82) is 0 Å². The van der Waals surface area contributed by atoms with Crippen molar-refractivity contribution < 1.29 is 13.2 Å². The molecule has 0 unspecified atom stereocenters. The van der Waals surface area contributed by atoms with E-state index in [-0.39, 0.29) is 16.9 Å². The number of H-pyrrole nitrogens is 1. The first-order valence-corrected chi connectivity index (χ1v) is 8.65. The van der Waals surface area contributed by atoms with Crippen LogP contribution < -0.4 is 10.7 Å². The molecule has 0 saturated carbocycles. The number of fused-ring (bicyclic) bond motifs is 1. The van der Waals surface area contributed by atoms with Gasteiger partial charge in [-0.05, 0) is 31.2 Å². The molecule has 148 valence electrons. The van der Waals surface area contributed by atoms with Crippen LogP contribution in [0.3, 0.4) is 0 Å². The number of benzene rings is 1. The molecule has 7 nitrogen and oxygen atoms in total. The van der Waals surface area contributed by atoms with Gasteiger partial charge in [0.05, 0.1) is 16.6 Å². The third-order valence-electron chi connectivity index (χ3n) is 4.49. The van der Waals surface area contributed by atoms with Crippen LogP contribution in [0.1, 0.15) is 13.0 Å². The Morgan fingerprint density at radius 2 is 1.93 bits per heavy atom. The van der Waals surface area contributed by atoms with Gasteiger partial charge in [0.15, 0.2) is 11.3 Å². The number of aromatic amines is 1. The van der Waals surface area contributed by atoms with Crippen molar-refractivity contribution in [2.24, 2.45) is 0 Å². The summed E-state index contributed by atoms with van der Waals surface area (Å²) in [5.41, 5.74) is 1.23. The van der Waals surface area contributed by atoms with Gasteiger partial charge in [-0.15, -0.1) is 10.2 Å². The van der Waals surface area contributed by atoms with Gasteiger partial charge in [0.1, 0.15) is 23.9 Å². The summed E-state index contributed by atoms with van der Waals surface area (Å²) >= 11 is 0. The van der Waals surface area contributed by atoms with E-state index in [0.29, 0.717) is 22.4 Å². The number of hydrogen-bond donors (Lipinski definition) is 2. The van der Waals surface area contributed by atoms with E-state index in [1.807, 2.05) is 0 Å². The van der Waals surface area contributed by atoms with E-state index in [9.17, 15) is 18.0 Å². The zero-order valence-corrected chi connectivity index (χ0v) is 15.1. The van der Waals surface area contributed by atoms with Gasteiger partial charge in [-0.2, -0.15) is 13.2 Å². The molecule has 0 fully saturated rings. The normalized spacial score (nSPS) is 12.8. The largest absolute Gasteiger partial charge is 0.408 e. The Bertz CT molecular complexity index is 1230. The van der Waals surface area contributed by atoms with Gasteiger partial charge in [0.25, 0.3) is 0 Å². The number of halogens is 3. The Hall–Kier alpha value is -3.69. The molecule has 0 aliphatic carbocycles. The summed E-state index contributed by atoms with van der Waals surface area (Å²) in [6, 6.07) is 9.70. The minimum absolute atomic E-state index is 0.00533. The standard InChI is InChI=1S/C19H15F3N6O/c1-11(19(20,21)22)28-10-24-27-18(28)14-6-3-7-16(26-14)25-13-5-2-4-12-17(13)15(29)8-9-23-12/h2-11H,1H3,(H,23,29)(H,25,26)/t11-/m1/s1. The third kappa shape index (κ3) is 3.56. The van der Waals surface area contributed by atoms with Crippen LogP contribution in [0.15, 0.2) is 59.8 Å². The highest BCUT2D eigenvalue weighted by Crippen LogP contribution is 2.32. The Morgan fingerprint density at radius 3 is 2.72 bits per heavy atom. The molecular formula is C19H15F3N6O. The molecule has 1 atom stereocenters. The van der Waals surface area contributed by atoms with Crippen LogP contribution in [0.4, 0.5) is 24.7 Å². The first-order chi connectivity index (χ1) is 13.8. The molecule has 0 aliphatic heterocycles. The zero-order chi connectivity index (χ0) is 20.6. The fraction of sp³-hybridized carbons (Fsp3) is 0.158. The topological polar surface area (TPSA) is 88.5 Å². The molecular weight excluding hydrogens is 385 g/mol. The van der Waals surface area contributed by atoms with Crippen molar-refractivity contribution in [2.75, 3.05) is 5.32 Å². The van der Waals surface area contributed by atoms with Crippen molar-refractivity contribution in [2.45, 2.75) is 19.1 Å². The second-order valence-electron chi connectivity index (χ2n) is 6.38. The molecule has 3 heterocycles. The van der Waals surface area contributed by atoms with Crippen molar-refractivity contribution in [1.82, 2.24) is 24.7 Å². The van der Waals surface area contributed by atoms with Crippen molar-refractivity contribution in [3.8, 4) is 11.5 Å². The lowest BCUT2D eigenvalue weighted by molar-refractivity contribution is -0.162. The molecule has 10 heteroatoms. The molecule has 0 spiro atoms. The smallest absolute Gasteiger partial charge is 0.361 e. The van der Waals surface area contributed by atoms with E-state index < -0.39 is 12.2 Å². The number of pyridine rings is 2. The maximum Gasteiger partial charge on any atom is 0.408 e. The third-order valence-corrected chi connectivity index (χ3v) is 4.49. The number of nitrogens with zero attached hydrogens (tertiary/aromatic N) is 4. The Morgan fingerprint density at radius 1 is 1.14 bits per heavy atom. The van der Waals surface area contributed by atoms with Crippen LogP contribution in [0.25, 0.3) is 22.4 Å². The quantitative estimate of drug-likeness (QED) is 0.540. The number of hydrogen-bond acceptors (Lipinski definition) is 5. The monoisotopic (exact) mass is 400 g/mol. The highest BCUT2D eigenvalue weighted by atomic mass is 19.4. The summed E-state index contributed by atoms with van der Waals surface area (Å²) in [6.45, 7) is 1.03. The highest BCUT2D eigenvalue weighted by molar-refractivity contribution is 5.92. The van der Waals surface area contributed by atoms with Gasteiger partial charge >= 0.3 is 6.18 Å². The number of anilines is 2. The lowest BCUT2D eigenvalue weighted by Gasteiger charge is -2.18. The highest BCUT2D eigenvalue weighted by Gasteiger charge is 2.38. The fourth-order valence-electron chi connectivity index (χ4n) is 2.97. The first kappa shape index (κ1) is 18.7. The number of aromatic nitrogens is 5. The lowest BCUT2D eigenvalue weighted by Crippen LogP contribution is -2.24. The average Bonchev–Trinajstić information content (AvgIpc) is 3.17. The van der Waals surface area contributed by atoms with Gasteiger partial charge in [0, 0.05) is 12.3 Å². The lowest BCUT2D eigenvalue weighted by atomic mass is 10.1. The van der Waals surface area contributed by atoms with E-state index in [0.717, 1.165) is 17.8 Å². The number of alkyl halides is 3. The van der Waals surface area contributed by atoms with Crippen LogP contribution >= 0.6 is 0 Å². The van der Waals surface area contributed by atoms with E-state index >= 15 is 0 Å². The van der Waals surface area contributed by atoms with Crippen LogP contribution in [-0.4, -0.2) is 30.9 Å². The minimum atomic E-state index is -4.45. The summed E-state index contributed by atoms with van der Waals surface area (Å²) < 4.78 is 40.3. The Kier molecular flexibility index (Phi) is 4.53. The van der Waals surface area contributed by atoms with Gasteiger partial charge < -0.3 is 14.9 Å². The maximum atomic E-state index is 13.1. The van der Waals surface area contributed by atoms with Gasteiger partial charge in [0.2, 0.25) is 0 Å². The van der Waals surface area contributed by atoms with E-state index in [1.165, 1.54) is 6.07 Å². The van der Waals surface area contributed by atoms with Crippen molar-refractivity contribution in [3.05, 3.63) is 65.2 Å². The summed E-state index contributed by atoms with van der Waals surface area (Å²) in [5.74, 6) is 0.349. The minimum Gasteiger partial charge on any atom is -0.361 e. The van der Waals surface area contributed by atoms with Crippen molar-refractivity contribution >= 4 is 22.4 Å². The molecule has 29 heavy (non-hydrogen) atoms. The molecule has 0 bridgehead atoms. The number of nitrogens with one attached hydrogen (secondary N) is 2. The van der Waals surface area contributed by atoms with Crippen LogP contribution in [-0.2, 0) is 0 Å². The van der Waals surface area contributed by atoms with E-state index in [1.54, 1.807) is 42.6 Å². The summed E-state index contributed by atoms with van der Waals surface area (Å²) in [5, 5.41) is 10.9. The Balaban J connectivity index is 1.72.